The Balaban J connectivity index is 3.91. The Morgan fingerprint density at radius 3 is 1.19 bits per heavy atom. The fourth-order valence-electron chi connectivity index (χ4n) is 4.75. The molecule has 0 aromatic rings. The molecule has 0 aromatic heterocycles. The normalized spacial score (nSPS) is 13.5. The molecule has 0 spiro atoms. The van der Waals surface area contributed by atoms with Crippen LogP contribution in [0.1, 0.15) is 129 Å². The molecule has 0 bridgehead atoms. The number of amides is 2. The van der Waals surface area contributed by atoms with Crippen LogP contribution in [0.5, 0.6) is 0 Å². The van der Waals surface area contributed by atoms with Crippen LogP contribution in [-0.4, -0.2) is 35.5 Å². The van der Waals surface area contributed by atoms with Gasteiger partial charge in [0.2, 0.25) is 11.8 Å². The van der Waals surface area contributed by atoms with Crippen molar-refractivity contribution in [3.05, 3.63) is 134 Å². The maximum Gasteiger partial charge on any atom is 0.326 e. The fourth-order valence-corrected chi connectivity index (χ4v) is 4.75. The second-order valence-corrected chi connectivity index (χ2v) is 12.5. The van der Waals surface area contributed by atoms with Gasteiger partial charge in [0, 0.05) is 19.4 Å². The molecule has 6 heteroatoms. The highest BCUT2D eigenvalue weighted by Gasteiger charge is 2.19. The molecule has 0 rings (SSSR count). The standard InChI is InChI=1S/C47H70N2O4/c1-3-5-7-9-11-13-15-17-19-21-22-24-25-27-29-31-33-35-37-41-45(50)48-43-39-40-44(47(52)53)49-46(51)42-38-36-34-32-30-28-26-23-20-18-16-14-12-10-8-6-4-2/h5-8,11-14,17-20,22,24,26-29,32-35,44H,3-4,9-10,15-16,21,23,25,30-31,36-43H2,1-2H3,(H,48,50)(H,49,51)(H,52,53). The molecule has 0 aliphatic rings. The lowest BCUT2D eigenvalue weighted by Gasteiger charge is -2.14. The number of aliphatic carboxylic acids is 1. The Labute approximate surface area is 322 Å². The van der Waals surface area contributed by atoms with Gasteiger partial charge in [0.05, 0.1) is 0 Å². The molecule has 0 saturated carbocycles. The SMILES string of the molecule is CCC=CCC=CCC=CCC=CCC=CCC=CCCC(=O)NCCCC(NC(=O)CCCC=CCC=CCC=CCC=CCC=CCC)C(=O)O. The van der Waals surface area contributed by atoms with Crippen LogP contribution in [0, 0.1) is 0 Å². The van der Waals surface area contributed by atoms with Gasteiger partial charge >= 0.3 is 5.97 Å². The number of allylic oxidation sites excluding steroid dienone is 22. The molecule has 292 valence electrons. The minimum Gasteiger partial charge on any atom is -0.480 e. The van der Waals surface area contributed by atoms with E-state index in [1.165, 1.54) is 0 Å². The maximum atomic E-state index is 12.3. The zero-order valence-corrected chi connectivity index (χ0v) is 32.9. The average molecular weight is 727 g/mol. The topological polar surface area (TPSA) is 95.5 Å². The Kier molecular flexibility index (Phi) is 36.9. The second kappa shape index (κ2) is 40.3. The Morgan fingerprint density at radius 1 is 0.453 bits per heavy atom. The van der Waals surface area contributed by atoms with Crippen molar-refractivity contribution in [1.82, 2.24) is 10.6 Å². The van der Waals surface area contributed by atoms with Gasteiger partial charge in [-0.2, -0.15) is 0 Å². The summed E-state index contributed by atoms with van der Waals surface area (Å²) in [4.78, 5) is 36.1. The number of carbonyl (C=O) groups excluding carboxylic acids is 2. The molecule has 0 saturated heterocycles. The third kappa shape index (κ3) is 38.6. The van der Waals surface area contributed by atoms with Crippen molar-refractivity contribution in [2.24, 2.45) is 0 Å². The highest BCUT2D eigenvalue weighted by Crippen LogP contribution is 2.04. The van der Waals surface area contributed by atoms with Crippen molar-refractivity contribution in [3.63, 3.8) is 0 Å². The molecule has 53 heavy (non-hydrogen) atoms. The highest BCUT2D eigenvalue weighted by atomic mass is 16.4. The average Bonchev–Trinajstić information content (AvgIpc) is 3.15. The number of unbranched alkanes of at least 4 members (excludes halogenated alkanes) is 1. The predicted molar refractivity (Wildman–Crippen MR) is 228 cm³/mol. The first-order valence-corrected chi connectivity index (χ1v) is 19.9. The molecule has 3 N–H and O–H groups in total. The van der Waals surface area contributed by atoms with Gasteiger partial charge in [0.1, 0.15) is 6.04 Å². The number of hydrogen-bond acceptors (Lipinski definition) is 3. The summed E-state index contributed by atoms with van der Waals surface area (Å²) in [6, 6.07) is -0.952. The lowest BCUT2D eigenvalue weighted by Crippen LogP contribution is -2.41. The smallest absolute Gasteiger partial charge is 0.326 e. The summed E-state index contributed by atoms with van der Waals surface area (Å²) >= 11 is 0. The Bertz CT molecular complexity index is 1260. The van der Waals surface area contributed by atoms with Crippen LogP contribution in [0.4, 0.5) is 0 Å². The van der Waals surface area contributed by atoms with E-state index in [4.69, 9.17) is 0 Å². The van der Waals surface area contributed by atoms with E-state index in [0.717, 1.165) is 77.0 Å². The van der Waals surface area contributed by atoms with E-state index in [9.17, 15) is 19.5 Å². The molecular weight excluding hydrogens is 657 g/mol. The first-order valence-electron chi connectivity index (χ1n) is 19.9. The molecule has 0 aromatic carbocycles. The summed E-state index contributed by atoms with van der Waals surface area (Å²) in [6.45, 7) is 4.66. The predicted octanol–water partition coefficient (Wildman–Crippen LogP) is 11.9. The fraction of sp³-hybridized carbons (Fsp3) is 0.468. The molecule has 0 radical (unpaired) electrons. The second-order valence-electron chi connectivity index (χ2n) is 12.5. The van der Waals surface area contributed by atoms with Gasteiger partial charge in [0.15, 0.2) is 0 Å². The van der Waals surface area contributed by atoms with E-state index < -0.39 is 12.0 Å². The Hall–Kier alpha value is -4.45. The van der Waals surface area contributed by atoms with Crippen LogP contribution >= 0.6 is 0 Å². The largest absolute Gasteiger partial charge is 0.480 e. The minimum atomic E-state index is -1.06. The van der Waals surface area contributed by atoms with Crippen LogP contribution in [0.2, 0.25) is 0 Å². The van der Waals surface area contributed by atoms with Gasteiger partial charge in [0.25, 0.3) is 0 Å². The highest BCUT2D eigenvalue weighted by molar-refractivity contribution is 5.83. The molecule has 2 amide bonds. The van der Waals surface area contributed by atoms with Crippen LogP contribution in [0.3, 0.4) is 0 Å². The molecular formula is C47H70N2O4. The molecule has 1 unspecified atom stereocenters. The van der Waals surface area contributed by atoms with Crippen molar-refractivity contribution in [2.45, 2.75) is 135 Å². The molecule has 0 heterocycles. The van der Waals surface area contributed by atoms with Crippen LogP contribution in [-0.2, 0) is 14.4 Å². The van der Waals surface area contributed by atoms with Gasteiger partial charge in [-0.3, -0.25) is 9.59 Å². The lowest BCUT2D eigenvalue weighted by atomic mass is 10.1. The Morgan fingerprint density at radius 2 is 0.811 bits per heavy atom. The van der Waals surface area contributed by atoms with Crippen molar-refractivity contribution in [2.75, 3.05) is 6.54 Å². The number of nitrogens with one attached hydrogen (secondary N) is 2. The van der Waals surface area contributed by atoms with Crippen LogP contribution < -0.4 is 10.6 Å². The van der Waals surface area contributed by atoms with E-state index in [2.05, 4.69) is 152 Å². The zero-order valence-electron chi connectivity index (χ0n) is 32.9. The lowest BCUT2D eigenvalue weighted by molar-refractivity contribution is -0.142. The zero-order chi connectivity index (χ0) is 38.7. The summed E-state index contributed by atoms with van der Waals surface area (Å²) in [6.07, 6.45) is 61.4. The van der Waals surface area contributed by atoms with Crippen LogP contribution in [0.15, 0.2) is 134 Å². The van der Waals surface area contributed by atoms with Gasteiger partial charge in [-0.05, 0) is 103 Å². The van der Waals surface area contributed by atoms with Crippen molar-refractivity contribution in [1.29, 1.82) is 0 Å². The van der Waals surface area contributed by atoms with Gasteiger partial charge in [-0.1, -0.05) is 148 Å². The maximum absolute atomic E-state index is 12.3. The summed E-state index contributed by atoms with van der Waals surface area (Å²) in [5, 5.41) is 15.0. The summed E-state index contributed by atoms with van der Waals surface area (Å²) in [5.41, 5.74) is 0. The van der Waals surface area contributed by atoms with Gasteiger partial charge < -0.3 is 15.7 Å². The third-order valence-corrected chi connectivity index (χ3v) is 7.69. The molecule has 0 aliphatic heterocycles. The quantitative estimate of drug-likeness (QED) is 0.0463. The number of carboxylic acid groups (broad SMARTS) is 1. The third-order valence-electron chi connectivity index (χ3n) is 7.69. The van der Waals surface area contributed by atoms with Gasteiger partial charge in [-0.15, -0.1) is 0 Å². The summed E-state index contributed by atoms with van der Waals surface area (Å²) < 4.78 is 0. The number of carboxylic acids is 1. The van der Waals surface area contributed by atoms with E-state index in [0.29, 0.717) is 32.2 Å². The van der Waals surface area contributed by atoms with E-state index in [1.54, 1.807) is 0 Å². The summed E-state index contributed by atoms with van der Waals surface area (Å²) in [7, 11) is 0. The van der Waals surface area contributed by atoms with E-state index in [1.807, 2.05) is 6.08 Å². The number of hydrogen-bond donors (Lipinski definition) is 3. The molecule has 6 nitrogen and oxygen atoms in total. The van der Waals surface area contributed by atoms with Crippen molar-refractivity contribution >= 4 is 17.8 Å². The molecule has 0 fully saturated rings. The van der Waals surface area contributed by atoms with E-state index >= 15 is 0 Å². The monoisotopic (exact) mass is 727 g/mol. The summed E-state index contributed by atoms with van der Waals surface area (Å²) in [5.74, 6) is -1.37. The molecule has 0 aliphatic carbocycles. The first kappa shape index (κ1) is 48.5. The van der Waals surface area contributed by atoms with E-state index in [-0.39, 0.29) is 24.7 Å². The minimum absolute atomic E-state index is 0.0597. The van der Waals surface area contributed by atoms with Crippen molar-refractivity contribution < 1.29 is 19.5 Å². The number of rotatable bonds is 33. The molecule has 1 atom stereocenters. The van der Waals surface area contributed by atoms with Gasteiger partial charge in [-0.25, -0.2) is 4.79 Å². The van der Waals surface area contributed by atoms with Crippen LogP contribution in [0.25, 0.3) is 0 Å². The first-order chi connectivity index (χ1) is 26.0. The number of carbonyl (C=O) groups is 3. The van der Waals surface area contributed by atoms with Crippen molar-refractivity contribution in [3.8, 4) is 0 Å².